The Bertz CT molecular complexity index is 793. The van der Waals surface area contributed by atoms with Crippen molar-refractivity contribution in [3.05, 3.63) is 59.8 Å². The molecular weight excluding hydrogens is 351 g/mol. The Labute approximate surface area is 157 Å². The van der Waals surface area contributed by atoms with E-state index in [1.54, 1.807) is 6.07 Å². The molecule has 2 heterocycles. The molecule has 0 amide bonds. The van der Waals surface area contributed by atoms with Gasteiger partial charge in [0.25, 0.3) is 0 Å². The number of nitrogens with one attached hydrogen (secondary N) is 1. The van der Waals surface area contributed by atoms with Gasteiger partial charge < -0.3 is 10.2 Å². The molecule has 1 aliphatic heterocycles. The number of alkyl halides is 3. The van der Waals surface area contributed by atoms with E-state index in [0.717, 1.165) is 38.5 Å². The van der Waals surface area contributed by atoms with E-state index in [0.29, 0.717) is 17.7 Å². The third-order valence-corrected chi connectivity index (χ3v) is 6.18. The van der Waals surface area contributed by atoms with E-state index >= 15 is 0 Å². The molecule has 2 fully saturated rings. The Kier molecular flexibility index (Phi) is 4.62. The maximum atomic E-state index is 13.0. The van der Waals surface area contributed by atoms with Crippen molar-refractivity contribution in [1.82, 2.24) is 10.3 Å². The number of aromatic nitrogens is 1. The van der Waals surface area contributed by atoms with Crippen molar-refractivity contribution in [3.8, 4) is 0 Å². The number of halogens is 3. The lowest BCUT2D eigenvalue weighted by Crippen LogP contribution is -2.47. The summed E-state index contributed by atoms with van der Waals surface area (Å²) >= 11 is 0. The average molecular weight is 375 g/mol. The molecule has 3 atom stereocenters. The zero-order valence-corrected chi connectivity index (χ0v) is 15.3. The highest BCUT2D eigenvalue weighted by molar-refractivity contribution is 5.42. The summed E-state index contributed by atoms with van der Waals surface area (Å²) in [6, 6.07) is 14.5. The van der Waals surface area contributed by atoms with Gasteiger partial charge in [0.05, 0.1) is 0 Å². The van der Waals surface area contributed by atoms with Crippen LogP contribution in [-0.2, 0) is 12.7 Å². The minimum atomic E-state index is -4.41. The molecule has 1 N–H and O–H groups in total. The van der Waals surface area contributed by atoms with E-state index in [9.17, 15) is 13.2 Å². The summed E-state index contributed by atoms with van der Waals surface area (Å²) in [6.45, 7) is 4.59. The van der Waals surface area contributed by atoms with E-state index in [1.165, 1.54) is 11.6 Å². The van der Waals surface area contributed by atoms with Crippen LogP contribution in [-0.4, -0.2) is 23.6 Å². The molecular formula is C21H24F3N3. The largest absolute Gasteiger partial charge is 0.433 e. The molecule has 1 saturated heterocycles. The summed E-state index contributed by atoms with van der Waals surface area (Å²) in [4.78, 5) is 5.90. The van der Waals surface area contributed by atoms with Crippen LogP contribution in [0.15, 0.2) is 48.5 Å². The van der Waals surface area contributed by atoms with Crippen LogP contribution in [0.25, 0.3) is 0 Å². The van der Waals surface area contributed by atoms with E-state index in [2.05, 4.69) is 29.4 Å². The highest BCUT2D eigenvalue weighted by Gasteiger charge is 2.49. The van der Waals surface area contributed by atoms with Gasteiger partial charge in [-0.05, 0) is 49.3 Å². The smallest absolute Gasteiger partial charge is 0.356 e. The number of pyridine rings is 1. The van der Waals surface area contributed by atoms with Crippen LogP contribution in [0.2, 0.25) is 0 Å². The molecule has 6 heteroatoms. The Hall–Kier alpha value is -2.08. The molecule has 2 aromatic rings. The van der Waals surface area contributed by atoms with Crippen LogP contribution in [0, 0.1) is 11.8 Å². The van der Waals surface area contributed by atoms with E-state index in [4.69, 9.17) is 0 Å². The molecule has 144 valence electrons. The molecule has 2 aliphatic rings. The van der Waals surface area contributed by atoms with Crippen LogP contribution >= 0.6 is 0 Å². The van der Waals surface area contributed by atoms with Crippen LogP contribution < -0.4 is 10.2 Å². The van der Waals surface area contributed by atoms with Crippen LogP contribution in [0.4, 0.5) is 19.0 Å². The first-order chi connectivity index (χ1) is 12.9. The number of fused-ring (bicyclic) bond motifs is 1. The first-order valence-electron chi connectivity index (χ1n) is 9.43. The van der Waals surface area contributed by atoms with Crippen molar-refractivity contribution < 1.29 is 13.2 Å². The molecule has 0 bridgehead atoms. The lowest BCUT2D eigenvalue weighted by atomic mass is 9.86. The van der Waals surface area contributed by atoms with Gasteiger partial charge in [-0.1, -0.05) is 36.4 Å². The number of anilines is 1. The third-order valence-electron chi connectivity index (χ3n) is 6.18. The van der Waals surface area contributed by atoms with Gasteiger partial charge in [-0.2, -0.15) is 13.2 Å². The standard InChI is InChI=1S/C21H24F3N3/c1-20(25-12-15-6-3-2-4-7-15)11-10-16-13-27(14-17(16)20)19-9-5-8-18(26-19)21(22,23)24/h2-9,16-17,25H,10-14H2,1H3/t16-,17+,20-/m1/s1. The second-order valence-corrected chi connectivity index (χ2v) is 7.95. The van der Waals surface area contributed by atoms with Gasteiger partial charge in [-0.15, -0.1) is 0 Å². The number of benzene rings is 1. The molecule has 0 radical (unpaired) electrons. The topological polar surface area (TPSA) is 28.2 Å². The zero-order chi connectivity index (χ0) is 19.1. The first-order valence-corrected chi connectivity index (χ1v) is 9.43. The highest BCUT2D eigenvalue weighted by atomic mass is 19.4. The maximum absolute atomic E-state index is 13.0. The fraction of sp³-hybridized carbons (Fsp3) is 0.476. The number of nitrogens with zero attached hydrogens (tertiary/aromatic N) is 2. The fourth-order valence-electron chi connectivity index (χ4n) is 4.62. The van der Waals surface area contributed by atoms with Crippen molar-refractivity contribution >= 4 is 5.82 Å². The van der Waals surface area contributed by atoms with Gasteiger partial charge in [0.1, 0.15) is 11.5 Å². The van der Waals surface area contributed by atoms with Crippen molar-refractivity contribution in [2.45, 2.75) is 38.0 Å². The summed E-state index contributed by atoms with van der Waals surface area (Å²) < 4.78 is 38.9. The van der Waals surface area contributed by atoms with Gasteiger partial charge in [0.2, 0.25) is 0 Å². The Morgan fingerprint density at radius 2 is 1.89 bits per heavy atom. The monoisotopic (exact) mass is 375 g/mol. The molecule has 1 saturated carbocycles. The summed E-state index contributed by atoms with van der Waals surface area (Å²) in [5.74, 6) is 1.34. The maximum Gasteiger partial charge on any atom is 0.433 e. The number of rotatable bonds is 4. The third kappa shape index (κ3) is 3.68. The molecule has 0 unspecified atom stereocenters. The predicted octanol–water partition coefficient (Wildman–Crippen LogP) is 4.50. The minimum Gasteiger partial charge on any atom is -0.356 e. The summed E-state index contributed by atoms with van der Waals surface area (Å²) in [6.07, 6.45) is -2.21. The second kappa shape index (κ2) is 6.82. The van der Waals surface area contributed by atoms with Gasteiger partial charge in [0, 0.05) is 25.2 Å². The fourth-order valence-corrected chi connectivity index (χ4v) is 4.62. The van der Waals surface area contributed by atoms with Crippen molar-refractivity contribution in [3.63, 3.8) is 0 Å². The molecule has 3 nitrogen and oxygen atoms in total. The summed E-state index contributed by atoms with van der Waals surface area (Å²) in [5.41, 5.74) is 0.426. The Balaban J connectivity index is 1.47. The van der Waals surface area contributed by atoms with E-state index in [1.807, 2.05) is 23.1 Å². The van der Waals surface area contributed by atoms with Crippen molar-refractivity contribution in [2.75, 3.05) is 18.0 Å². The molecule has 1 aliphatic carbocycles. The first kappa shape index (κ1) is 18.3. The van der Waals surface area contributed by atoms with Crippen LogP contribution in [0.1, 0.15) is 31.0 Å². The minimum absolute atomic E-state index is 0.00308. The quantitative estimate of drug-likeness (QED) is 0.853. The van der Waals surface area contributed by atoms with E-state index < -0.39 is 11.9 Å². The van der Waals surface area contributed by atoms with Crippen LogP contribution in [0.5, 0.6) is 0 Å². The number of hydrogen-bond acceptors (Lipinski definition) is 3. The van der Waals surface area contributed by atoms with Crippen LogP contribution in [0.3, 0.4) is 0 Å². The highest BCUT2D eigenvalue weighted by Crippen LogP contribution is 2.46. The summed E-state index contributed by atoms with van der Waals surface area (Å²) in [7, 11) is 0. The van der Waals surface area contributed by atoms with Gasteiger partial charge >= 0.3 is 6.18 Å². The van der Waals surface area contributed by atoms with Gasteiger partial charge in [0.15, 0.2) is 0 Å². The Morgan fingerprint density at radius 1 is 1.11 bits per heavy atom. The number of hydrogen-bond donors (Lipinski definition) is 1. The average Bonchev–Trinajstić information content (AvgIpc) is 3.22. The van der Waals surface area contributed by atoms with Gasteiger partial charge in [-0.3, -0.25) is 0 Å². The molecule has 4 rings (SSSR count). The molecule has 1 aromatic carbocycles. The van der Waals surface area contributed by atoms with E-state index in [-0.39, 0.29) is 5.54 Å². The normalized spacial score (nSPS) is 27.8. The summed E-state index contributed by atoms with van der Waals surface area (Å²) in [5, 5.41) is 3.73. The lowest BCUT2D eigenvalue weighted by Gasteiger charge is -2.33. The zero-order valence-electron chi connectivity index (χ0n) is 15.3. The molecule has 0 spiro atoms. The van der Waals surface area contributed by atoms with Crippen molar-refractivity contribution in [1.29, 1.82) is 0 Å². The molecule has 27 heavy (non-hydrogen) atoms. The van der Waals surface area contributed by atoms with Crippen molar-refractivity contribution in [2.24, 2.45) is 11.8 Å². The lowest BCUT2D eigenvalue weighted by molar-refractivity contribution is -0.141. The second-order valence-electron chi connectivity index (χ2n) is 7.95. The predicted molar refractivity (Wildman–Crippen MR) is 99.4 cm³/mol. The SMILES string of the molecule is C[C@@]1(NCc2ccccc2)CC[C@@H]2CN(c3cccc(C(F)(F)F)n3)C[C@@H]21. The molecule has 1 aromatic heterocycles. The Morgan fingerprint density at radius 3 is 2.63 bits per heavy atom. The van der Waals surface area contributed by atoms with Gasteiger partial charge in [-0.25, -0.2) is 4.98 Å².